The van der Waals surface area contributed by atoms with E-state index in [4.69, 9.17) is 9.47 Å². The fourth-order valence-corrected chi connectivity index (χ4v) is 3.67. The first-order chi connectivity index (χ1) is 10.9. The summed E-state index contributed by atoms with van der Waals surface area (Å²) in [5.74, 6) is 0.891. The summed E-state index contributed by atoms with van der Waals surface area (Å²) in [5.41, 5.74) is 7.12. The topological polar surface area (TPSA) is 18.5 Å². The summed E-state index contributed by atoms with van der Waals surface area (Å²) in [6.07, 6.45) is 3.34. The van der Waals surface area contributed by atoms with Crippen molar-refractivity contribution >= 4 is 5.57 Å². The zero-order valence-corrected chi connectivity index (χ0v) is 12.8. The molecule has 0 saturated heterocycles. The van der Waals surface area contributed by atoms with E-state index in [-0.39, 0.29) is 6.10 Å². The van der Waals surface area contributed by atoms with E-state index >= 15 is 0 Å². The van der Waals surface area contributed by atoms with E-state index < -0.39 is 0 Å². The van der Waals surface area contributed by atoms with Crippen molar-refractivity contribution in [3.05, 3.63) is 70.8 Å². The maximum absolute atomic E-state index is 6.12. The van der Waals surface area contributed by atoms with Crippen LogP contribution in [0.25, 0.3) is 5.57 Å². The Balaban J connectivity index is 1.75. The zero-order chi connectivity index (χ0) is 14.9. The smallest absolute Gasteiger partial charge is 0.118 e. The molecule has 0 amide bonds. The zero-order valence-electron chi connectivity index (χ0n) is 12.8. The summed E-state index contributed by atoms with van der Waals surface area (Å²) in [5, 5.41) is 0. The summed E-state index contributed by atoms with van der Waals surface area (Å²) >= 11 is 0. The molecule has 112 valence electrons. The number of rotatable bonds is 2. The molecule has 2 aliphatic rings. The van der Waals surface area contributed by atoms with Crippen LogP contribution in [0.4, 0.5) is 0 Å². The van der Waals surface area contributed by atoms with Gasteiger partial charge in [-0.2, -0.15) is 0 Å². The third-order valence-electron chi connectivity index (χ3n) is 4.77. The fraction of sp³-hybridized carbons (Fsp3) is 0.300. The minimum absolute atomic E-state index is 0.100. The van der Waals surface area contributed by atoms with Crippen molar-refractivity contribution in [1.29, 1.82) is 0 Å². The average molecular weight is 292 g/mol. The van der Waals surface area contributed by atoms with Crippen LogP contribution in [0, 0.1) is 0 Å². The number of ether oxygens (including phenoxy) is 2. The highest BCUT2D eigenvalue weighted by atomic mass is 16.5. The molecule has 0 saturated carbocycles. The van der Waals surface area contributed by atoms with E-state index in [2.05, 4.69) is 36.4 Å². The molecule has 1 aliphatic heterocycles. The first-order valence-electron chi connectivity index (χ1n) is 7.92. The van der Waals surface area contributed by atoms with Crippen LogP contribution in [0.15, 0.2) is 54.1 Å². The van der Waals surface area contributed by atoms with Gasteiger partial charge in [0.05, 0.1) is 13.7 Å². The minimum Gasteiger partial charge on any atom is -0.497 e. The Morgan fingerprint density at radius 1 is 0.955 bits per heavy atom. The van der Waals surface area contributed by atoms with Crippen LogP contribution >= 0.6 is 0 Å². The lowest BCUT2D eigenvalue weighted by Crippen LogP contribution is -2.20. The van der Waals surface area contributed by atoms with Crippen LogP contribution in [0.5, 0.6) is 5.75 Å². The van der Waals surface area contributed by atoms with Gasteiger partial charge in [0.1, 0.15) is 11.9 Å². The molecule has 0 fully saturated rings. The van der Waals surface area contributed by atoms with Crippen molar-refractivity contribution < 1.29 is 9.47 Å². The summed E-state index contributed by atoms with van der Waals surface area (Å²) in [6, 6.07) is 17.1. The van der Waals surface area contributed by atoms with Gasteiger partial charge in [-0.15, -0.1) is 0 Å². The normalized spacial score (nSPS) is 20.3. The maximum atomic E-state index is 6.12. The van der Waals surface area contributed by atoms with Gasteiger partial charge >= 0.3 is 0 Å². The van der Waals surface area contributed by atoms with Crippen LogP contribution < -0.4 is 4.74 Å². The lowest BCUT2D eigenvalue weighted by atomic mass is 9.79. The second kappa shape index (κ2) is 5.62. The van der Waals surface area contributed by atoms with E-state index in [1.807, 2.05) is 12.1 Å². The van der Waals surface area contributed by atoms with Crippen LogP contribution in [-0.4, -0.2) is 13.7 Å². The molecule has 1 unspecified atom stereocenters. The first-order valence-corrected chi connectivity index (χ1v) is 7.92. The van der Waals surface area contributed by atoms with E-state index in [0.29, 0.717) is 0 Å². The Morgan fingerprint density at radius 2 is 1.77 bits per heavy atom. The molecule has 0 N–H and O–H groups in total. The number of hydrogen-bond acceptors (Lipinski definition) is 2. The molecule has 0 spiro atoms. The summed E-state index contributed by atoms with van der Waals surface area (Å²) in [6.45, 7) is 0.795. The molecule has 0 aromatic heterocycles. The highest BCUT2D eigenvalue weighted by molar-refractivity contribution is 5.74. The lowest BCUT2D eigenvalue weighted by Gasteiger charge is -2.33. The van der Waals surface area contributed by atoms with Crippen LogP contribution in [0.3, 0.4) is 0 Å². The summed E-state index contributed by atoms with van der Waals surface area (Å²) in [7, 11) is 1.70. The van der Waals surface area contributed by atoms with Crippen molar-refractivity contribution in [3.8, 4) is 5.75 Å². The third-order valence-corrected chi connectivity index (χ3v) is 4.77. The first kappa shape index (κ1) is 13.6. The van der Waals surface area contributed by atoms with Gasteiger partial charge in [-0.1, -0.05) is 36.4 Å². The van der Waals surface area contributed by atoms with Crippen molar-refractivity contribution in [2.24, 2.45) is 0 Å². The molecule has 0 radical (unpaired) electrons. The lowest BCUT2D eigenvalue weighted by molar-refractivity contribution is 0.0705. The molecule has 0 bridgehead atoms. The molecule has 1 atom stereocenters. The highest BCUT2D eigenvalue weighted by Crippen LogP contribution is 2.44. The van der Waals surface area contributed by atoms with Gasteiger partial charge in [0.15, 0.2) is 0 Å². The quantitative estimate of drug-likeness (QED) is 0.808. The number of fused-ring (bicyclic) bond motifs is 2. The van der Waals surface area contributed by atoms with Gasteiger partial charge in [-0.05, 0) is 59.2 Å². The van der Waals surface area contributed by atoms with Crippen molar-refractivity contribution in [3.63, 3.8) is 0 Å². The van der Waals surface area contributed by atoms with Gasteiger partial charge in [-0.3, -0.25) is 0 Å². The Morgan fingerprint density at radius 3 is 2.59 bits per heavy atom. The van der Waals surface area contributed by atoms with Gasteiger partial charge < -0.3 is 9.47 Å². The Labute approximate surface area is 131 Å². The van der Waals surface area contributed by atoms with Crippen LogP contribution in [-0.2, 0) is 11.2 Å². The van der Waals surface area contributed by atoms with Crippen LogP contribution in [0.1, 0.15) is 35.6 Å². The van der Waals surface area contributed by atoms with Crippen molar-refractivity contribution in [1.82, 2.24) is 0 Å². The van der Waals surface area contributed by atoms with Crippen molar-refractivity contribution in [2.75, 3.05) is 13.7 Å². The van der Waals surface area contributed by atoms with Gasteiger partial charge in [0, 0.05) is 0 Å². The predicted molar refractivity (Wildman–Crippen MR) is 88.0 cm³/mol. The number of benzene rings is 2. The molecule has 22 heavy (non-hydrogen) atoms. The van der Waals surface area contributed by atoms with Gasteiger partial charge in [-0.25, -0.2) is 0 Å². The SMILES string of the molecule is COc1ccc(C2OCCC3=C2CCc2ccccc23)cc1. The molecule has 2 nitrogen and oxygen atoms in total. The molecule has 4 rings (SSSR count). The molecule has 2 aromatic carbocycles. The molecular formula is C20H20O2. The molecule has 1 aliphatic carbocycles. The number of hydrogen-bond donors (Lipinski definition) is 0. The number of aryl methyl sites for hydroxylation is 1. The fourth-order valence-electron chi connectivity index (χ4n) is 3.67. The Hall–Kier alpha value is -2.06. The molecule has 2 aromatic rings. The van der Waals surface area contributed by atoms with E-state index in [1.54, 1.807) is 7.11 Å². The Bertz CT molecular complexity index is 713. The molecule has 2 heteroatoms. The molecule has 1 heterocycles. The van der Waals surface area contributed by atoms with Gasteiger partial charge in [0.25, 0.3) is 0 Å². The van der Waals surface area contributed by atoms with Crippen LogP contribution in [0.2, 0.25) is 0 Å². The monoisotopic (exact) mass is 292 g/mol. The minimum atomic E-state index is 0.100. The maximum Gasteiger partial charge on any atom is 0.118 e. The average Bonchev–Trinajstić information content (AvgIpc) is 2.61. The largest absolute Gasteiger partial charge is 0.497 e. The number of methoxy groups -OCH3 is 1. The second-order valence-electron chi connectivity index (χ2n) is 5.93. The second-order valence-corrected chi connectivity index (χ2v) is 5.93. The van der Waals surface area contributed by atoms with E-state index in [9.17, 15) is 0 Å². The predicted octanol–water partition coefficient (Wildman–Crippen LogP) is 4.56. The standard InChI is InChI=1S/C20H20O2/c1-21-16-9-6-15(7-10-16)20-19-11-8-14-4-2-3-5-17(14)18(19)12-13-22-20/h2-7,9-10,20H,8,11-13H2,1H3. The summed E-state index contributed by atoms with van der Waals surface area (Å²) < 4.78 is 11.4. The molecular weight excluding hydrogens is 272 g/mol. The van der Waals surface area contributed by atoms with E-state index in [1.165, 1.54) is 27.8 Å². The van der Waals surface area contributed by atoms with Gasteiger partial charge in [0.2, 0.25) is 0 Å². The summed E-state index contributed by atoms with van der Waals surface area (Å²) in [4.78, 5) is 0. The van der Waals surface area contributed by atoms with Crippen molar-refractivity contribution in [2.45, 2.75) is 25.4 Å². The Kier molecular flexibility index (Phi) is 3.47. The third kappa shape index (κ3) is 2.24. The highest BCUT2D eigenvalue weighted by Gasteiger charge is 2.29. The van der Waals surface area contributed by atoms with E-state index in [0.717, 1.165) is 31.6 Å².